The van der Waals surface area contributed by atoms with Gasteiger partial charge in [0.2, 0.25) is 0 Å². The van der Waals surface area contributed by atoms with Crippen LogP contribution in [0.25, 0.3) is 0 Å². The topological polar surface area (TPSA) is 43.8 Å². The van der Waals surface area contributed by atoms with E-state index in [0.29, 0.717) is 6.04 Å². The molecule has 0 fully saturated rings. The molecule has 2 N–H and O–H groups in total. The summed E-state index contributed by atoms with van der Waals surface area (Å²) in [6.07, 6.45) is 6.04. The van der Waals surface area contributed by atoms with Crippen LogP contribution in [0.3, 0.4) is 0 Å². The van der Waals surface area contributed by atoms with Crippen LogP contribution in [0.2, 0.25) is 0 Å². The third kappa shape index (κ3) is 3.99. The molecule has 0 aliphatic heterocycles. The summed E-state index contributed by atoms with van der Waals surface area (Å²) in [5.41, 5.74) is 7.45. The highest BCUT2D eigenvalue weighted by molar-refractivity contribution is 5.40. The Balaban J connectivity index is 2.95. The number of anilines is 1. The van der Waals surface area contributed by atoms with Gasteiger partial charge in [-0.25, -0.2) is 4.98 Å². The predicted octanol–water partition coefficient (Wildman–Crippen LogP) is 4.47. The number of nitrogens with two attached hydrogens (primary N) is 1. The van der Waals surface area contributed by atoms with Crippen LogP contribution in [0, 0.1) is 0 Å². The molecule has 19 heavy (non-hydrogen) atoms. The van der Waals surface area contributed by atoms with Gasteiger partial charge in [-0.15, -0.1) is 0 Å². The van der Waals surface area contributed by atoms with Crippen LogP contribution in [0.5, 0.6) is 0 Å². The van der Waals surface area contributed by atoms with Crippen LogP contribution < -0.4 is 5.73 Å². The standard InChI is InChI=1S/C16H31N3/c1-7-8-9-10-11-13-14(17)19(12(2)3)15(18-13)16(4,5)6/h12H,7-11,17H2,1-6H3. The molecule has 0 saturated heterocycles. The molecule has 1 aromatic heterocycles. The molecule has 0 aromatic carbocycles. The molecule has 110 valence electrons. The van der Waals surface area contributed by atoms with Crippen molar-refractivity contribution in [3.63, 3.8) is 0 Å². The zero-order chi connectivity index (χ0) is 14.6. The molecule has 0 unspecified atom stereocenters. The van der Waals surface area contributed by atoms with Gasteiger partial charge in [0.25, 0.3) is 0 Å². The molecular weight excluding hydrogens is 234 g/mol. The highest BCUT2D eigenvalue weighted by atomic mass is 15.2. The Morgan fingerprint density at radius 3 is 2.21 bits per heavy atom. The van der Waals surface area contributed by atoms with E-state index < -0.39 is 0 Å². The molecule has 0 aliphatic rings. The maximum Gasteiger partial charge on any atom is 0.127 e. The zero-order valence-electron chi connectivity index (χ0n) is 13.6. The second-order valence-electron chi connectivity index (χ2n) is 6.79. The number of hydrogen-bond acceptors (Lipinski definition) is 2. The Morgan fingerprint density at radius 2 is 1.79 bits per heavy atom. The lowest BCUT2D eigenvalue weighted by Gasteiger charge is -2.22. The summed E-state index contributed by atoms with van der Waals surface area (Å²) in [4.78, 5) is 4.84. The first kappa shape index (κ1) is 16.1. The fourth-order valence-corrected chi connectivity index (χ4v) is 2.45. The number of aryl methyl sites for hydroxylation is 1. The normalized spacial score (nSPS) is 12.4. The van der Waals surface area contributed by atoms with E-state index in [1.807, 2.05) is 0 Å². The first-order chi connectivity index (χ1) is 8.79. The quantitative estimate of drug-likeness (QED) is 0.771. The number of nitrogens with zero attached hydrogens (tertiary/aromatic N) is 2. The van der Waals surface area contributed by atoms with E-state index in [0.717, 1.165) is 23.8 Å². The number of aromatic nitrogens is 2. The fraction of sp³-hybridized carbons (Fsp3) is 0.812. The van der Waals surface area contributed by atoms with E-state index in [9.17, 15) is 0 Å². The first-order valence-electron chi connectivity index (χ1n) is 7.66. The molecule has 0 amide bonds. The smallest absolute Gasteiger partial charge is 0.127 e. The molecular formula is C16H31N3. The highest BCUT2D eigenvalue weighted by Crippen LogP contribution is 2.29. The summed E-state index contributed by atoms with van der Waals surface area (Å²) in [7, 11) is 0. The lowest BCUT2D eigenvalue weighted by molar-refractivity contribution is 0.472. The minimum Gasteiger partial charge on any atom is -0.384 e. The van der Waals surface area contributed by atoms with Gasteiger partial charge in [0.05, 0.1) is 5.69 Å². The Hall–Kier alpha value is -0.990. The van der Waals surface area contributed by atoms with Crippen LogP contribution in [-0.2, 0) is 11.8 Å². The number of imidazole rings is 1. The molecule has 0 radical (unpaired) electrons. The fourth-order valence-electron chi connectivity index (χ4n) is 2.45. The molecule has 0 saturated carbocycles. The van der Waals surface area contributed by atoms with E-state index in [1.54, 1.807) is 0 Å². The third-order valence-electron chi connectivity index (χ3n) is 3.48. The van der Waals surface area contributed by atoms with Gasteiger partial charge in [0.1, 0.15) is 11.6 Å². The van der Waals surface area contributed by atoms with Gasteiger partial charge >= 0.3 is 0 Å². The number of rotatable bonds is 6. The summed E-state index contributed by atoms with van der Waals surface area (Å²) < 4.78 is 2.20. The van der Waals surface area contributed by atoms with E-state index in [1.165, 1.54) is 25.7 Å². The average Bonchev–Trinajstić information content (AvgIpc) is 2.62. The van der Waals surface area contributed by atoms with Gasteiger partial charge in [0.15, 0.2) is 0 Å². The summed E-state index contributed by atoms with van der Waals surface area (Å²) >= 11 is 0. The Morgan fingerprint density at radius 1 is 1.16 bits per heavy atom. The second kappa shape index (κ2) is 6.44. The van der Waals surface area contributed by atoms with Crippen molar-refractivity contribution in [2.75, 3.05) is 5.73 Å². The molecule has 0 bridgehead atoms. The van der Waals surface area contributed by atoms with Crippen molar-refractivity contribution in [3.8, 4) is 0 Å². The molecule has 1 heterocycles. The van der Waals surface area contributed by atoms with Crippen molar-refractivity contribution < 1.29 is 0 Å². The average molecular weight is 265 g/mol. The molecule has 1 rings (SSSR count). The summed E-state index contributed by atoms with van der Waals surface area (Å²) in [5.74, 6) is 1.99. The summed E-state index contributed by atoms with van der Waals surface area (Å²) in [5, 5.41) is 0. The monoisotopic (exact) mass is 265 g/mol. The minimum atomic E-state index is 0.0417. The summed E-state index contributed by atoms with van der Waals surface area (Å²) in [6.45, 7) is 13.2. The Bertz CT molecular complexity index is 397. The zero-order valence-corrected chi connectivity index (χ0v) is 13.6. The van der Waals surface area contributed by atoms with Gasteiger partial charge in [-0.1, -0.05) is 47.0 Å². The summed E-state index contributed by atoms with van der Waals surface area (Å²) in [6, 6.07) is 0.367. The lowest BCUT2D eigenvalue weighted by atomic mass is 9.95. The van der Waals surface area contributed by atoms with Crippen LogP contribution in [0.4, 0.5) is 5.82 Å². The van der Waals surface area contributed by atoms with Crippen molar-refractivity contribution in [2.24, 2.45) is 0 Å². The molecule has 0 aliphatic carbocycles. The Kier molecular flexibility index (Phi) is 5.45. The molecule has 0 spiro atoms. The number of unbranched alkanes of at least 4 members (excludes halogenated alkanes) is 3. The largest absolute Gasteiger partial charge is 0.384 e. The number of hydrogen-bond donors (Lipinski definition) is 1. The predicted molar refractivity (Wildman–Crippen MR) is 83.6 cm³/mol. The van der Waals surface area contributed by atoms with Crippen LogP contribution in [0.15, 0.2) is 0 Å². The van der Waals surface area contributed by atoms with E-state index in [4.69, 9.17) is 10.7 Å². The molecule has 1 aromatic rings. The second-order valence-corrected chi connectivity index (χ2v) is 6.79. The minimum absolute atomic E-state index is 0.0417. The van der Waals surface area contributed by atoms with Crippen molar-refractivity contribution in [1.29, 1.82) is 0 Å². The van der Waals surface area contributed by atoms with Crippen molar-refractivity contribution in [1.82, 2.24) is 9.55 Å². The van der Waals surface area contributed by atoms with Crippen LogP contribution in [-0.4, -0.2) is 9.55 Å². The molecule has 0 atom stereocenters. The van der Waals surface area contributed by atoms with Crippen molar-refractivity contribution in [2.45, 2.75) is 85.1 Å². The van der Waals surface area contributed by atoms with Gasteiger partial charge in [-0.2, -0.15) is 0 Å². The van der Waals surface area contributed by atoms with E-state index in [-0.39, 0.29) is 5.41 Å². The highest BCUT2D eigenvalue weighted by Gasteiger charge is 2.25. The van der Waals surface area contributed by atoms with Crippen molar-refractivity contribution in [3.05, 3.63) is 11.5 Å². The van der Waals surface area contributed by atoms with E-state index in [2.05, 4.69) is 46.1 Å². The SMILES string of the molecule is CCCCCCc1nc(C(C)(C)C)n(C(C)C)c1N. The Labute approximate surface area is 118 Å². The van der Waals surface area contributed by atoms with Gasteiger partial charge in [-0.05, 0) is 26.7 Å². The van der Waals surface area contributed by atoms with E-state index >= 15 is 0 Å². The maximum absolute atomic E-state index is 6.32. The first-order valence-corrected chi connectivity index (χ1v) is 7.66. The number of nitrogen functional groups attached to an aromatic ring is 1. The van der Waals surface area contributed by atoms with Crippen LogP contribution >= 0.6 is 0 Å². The lowest BCUT2D eigenvalue weighted by Crippen LogP contribution is -2.21. The third-order valence-corrected chi connectivity index (χ3v) is 3.48. The van der Waals surface area contributed by atoms with Crippen molar-refractivity contribution >= 4 is 5.82 Å². The van der Waals surface area contributed by atoms with Gasteiger partial charge in [0, 0.05) is 11.5 Å². The van der Waals surface area contributed by atoms with Gasteiger partial charge < -0.3 is 10.3 Å². The van der Waals surface area contributed by atoms with Gasteiger partial charge in [-0.3, -0.25) is 0 Å². The van der Waals surface area contributed by atoms with Crippen LogP contribution in [0.1, 0.15) is 84.8 Å². The maximum atomic E-state index is 6.32. The molecule has 3 heteroatoms. The molecule has 3 nitrogen and oxygen atoms in total.